The summed E-state index contributed by atoms with van der Waals surface area (Å²) in [5.74, 6) is 1.44. The van der Waals surface area contributed by atoms with Crippen LogP contribution in [0.1, 0.15) is 0 Å². The van der Waals surface area contributed by atoms with Gasteiger partial charge in [-0.05, 0) is 30.3 Å². The molecule has 10 heteroatoms. The monoisotopic (exact) mass is 400 g/mol. The van der Waals surface area contributed by atoms with Crippen LogP contribution in [0, 0.1) is 0 Å². The van der Waals surface area contributed by atoms with Gasteiger partial charge in [-0.15, -0.1) is 0 Å². The van der Waals surface area contributed by atoms with E-state index >= 15 is 0 Å². The lowest BCUT2D eigenvalue weighted by Crippen LogP contribution is -2.15. The van der Waals surface area contributed by atoms with Gasteiger partial charge in [0.2, 0.25) is 16.0 Å². The average Bonchev–Trinajstić information content (AvgIpc) is 2.69. The molecule has 0 spiro atoms. The molecule has 0 saturated heterocycles. The molecule has 0 bridgehead atoms. The van der Waals surface area contributed by atoms with Crippen LogP contribution in [0.4, 0.5) is 28.8 Å². The molecule has 1 heterocycles. The van der Waals surface area contributed by atoms with Crippen LogP contribution in [-0.2, 0) is 10.0 Å². The number of nitrogen functional groups attached to an aromatic ring is 1. The van der Waals surface area contributed by atoms with Gasteiger partial charge in [-0.25, -0.2) is 18.5 Å². The van der Waals surface area contributed by atoms with Gasteiger partial charge in [0, 0.05) is 24.5 Å². The number of hydrogen-bond donors (Lipinski definition) is 3. The predicted octanol–water partition coefficient (Wildman–Crippen LogP) is 2.23. The number of aromatic nitrogens is 2. The molecule has 0 unspecified atom stereocenters. The predicted molar refractivity (Wildman–Crippen MR) is 109 cm³/mol. The molecule has 0 atom stereocenters. The number of anilines is 5. The van der Waals surface area contributed by atoms with E-state index in [0.29, 0.717) is 28.9 Å². The highest BCUT2D eigenvalue weighted by atomic mass is 32.2. The van der Waals surface area contributed by atoms with Crippen LogP contribution in [0.3, 0.4) is 0 Å². The number of sulfonamides is 1. The summed E-state index contributed by atoms with van der Waals surface area (Å²) in [6.07, 6.45) is 1.48. The molecule has 5 N–H and O–H groups in total. The Morgan fingerprint density at radius 2 is 1.89 bits per heavy atom. The van der Waals surface area contributed by atoms with Crippen molar-refractivity contribution in [3.8, 4) is 5.75 Å². The zero-order valence-electron chi connectivity index (χ0n) is 15.3. The highest BCUT2D eigenvalue weighted by molar-refractivity contribution is 7.89. The van der Waals surface area contributed by atoms with Gasteiger partial charge in [0.05, 0.1) is 23.9 Å². The molecule has 0 aliphatic carbocycles. The first-order chi connectivity index (χ1) is 13.3. The summed E-state index contributed by atoms with van der Waals surface area (Å²) in [6, 6.07) is 13.5. The van der Waals surface area contributed by atoms with Crippen LogP contribution in [0.2, 0.25) is 0 Å². The van der Waals surface area contributed by atoms with Crippen LogP contribution < -0.4 is 25.8 Å². The summed E-state index contributed by atoms with van der Waals surface area (Å²) in [5, 5.41) is 8.18. The lowest BCUT2D eigenvalue weighted by Gasteiger charge is -2.19. The minimum Gasteiger partial charge on any atom is -0.497 e. The first-order valence-electron chi connectivity index (χ1n) is 8.18. The smallest absolute Gasteiger partial charge is 0.238 e. The van der Waals surface area contributed by atoms with Crippen LogP contribution in [-0.4, -0.2) is 32.5 Å². The Hall–Kier alpha value is -3.37. The minimum atomic E-state index is -3.82. The normalized spacial score (nSPS) is 11.1. The fraction of sp³-hybridized carbons (Fsp3) is 0.111. The van der Waals surface area contributed by atoms with Crippen molar-refractivity contribution in [2.24, 2.45) is 5.14 Å². The fourth-order valence-corrected chi connectivity index (χ4v) is 3.03. The van der Waals surface area contributed by atoms with E-state index in [-0.39, 0.29) is 4.90 Å². The molecule has 3 rings (SSSR count). The molecule has 0 amide bonds. The number of hydrogen-bond acceptors (Lipinski definition) is 8. The summed E-state index contributed by atoms with van der Waals surface area (Å²) in [7, 11) is -0.411. The van der Waals surface area contributed by atoms with Crippen molar-refractivity contribution in [2.75, 3.05) is 30.1 Å². The number of ether oxygens (including phenoxy) is 1. The van der Waals surface area contributed by atoms with Crippen molar-refractivity contribution in [3.05, 3.63) is 54.7 Å². The van der Waals surface area contributed by atoms with Crippen molar-refractivity contribution in [1.29, 1.82) is 0 Å². The highest BCUT2D eigenvalue weighted by Crippen LogP contribution is 2.28. The average molecular weight is 400 g/mol. The zero-order chi connectivity index (χ0) is 20.3. The molecule has 0 saturated carbocycles. The molecular weight excluding hydrogens is 380 g/mol. The summed E-state index contributed by atoms with van der Waals surface area (Å²) in [4.78, 5) is 10.5. The van der Waals surface area contributed by atoms with Gasteiger partial charge in [-0.2, -0.15) is 4.98 Å². The van der Waals surface area contributed by atoms with E-state index in [9.17, 15) is 8.42 Å². The minimum absolute atomic E-state index is 0.0150. The largest absolute Gasteiger partial charge is 0.497 e. The topological polar surface area (TPSA) is 136 Å². The van der Waals surface area contributed by atoms with Gasteiger partial charge in [-0.1, -0.05) is 12.1 Å². The second-order valence-corrected chi connectivity index (χ2v) is 7.49. The standard InChI is InChI=1S/C18H20N6O3S/c1-24(13-6-4-7-14(10-13)27-2)18-21-11-16(19)17(23-18)22-12-5-3-8-15(9-12)28(20,25)26/h3-11H,19H2,1-2H3,(H2,20,25,26)(H,21,22,23). The van der Waals surface area contributed by atoms with Gasteiger partial charge < -0.3 is 20.7 Å². The number of benzene rings is 2. The van der Waals surface area contributed by atoms with Gasteiger partial charge in [0.1, 0.15) is 5.75 Å². The molecule has 9 nitrogen and oxygen atoms in total. The van der Waals surface area contributed by atoms with Crippen molar-refractivity contribution >= 4 is 38.9 Å². The molecule has 146 valence electrons. The Bertz CT molecular complexity index is 1100. The lowest BCUT2D eigenvalue weighted by atomic mass is 10.3. The first kappa shape index (κ1) is 19.4. The molecule has 0 aliphatic rings. The molecule has 0 radical (unpaired) electrons. The Balaban J connectivity index is 1.91. The quantitative estimate of drug-likeness (QED) is 0.573. The summed E-state index contributed by atoms with van der Waals surface area (Å²) in [5.41, 5.74) is 7.59. The highest BCUT2D eigenvalue weighted by Gasteiger charge is 2.13. The zero-order valence-corrected chi connectivity index (χ0v) is 16.1. The first-order valence-corrected chi connectivity index (χ1v) is 9.73. The second-order valence-electron chi connectivity index (χ2n) is 5.93. The second kappa shape index (κ2) is 7.71. The van der Waals surface area contributed by atoms with E-state index < -0.39 is 10.0 Å². The molecule has 0 aliphatic heterocycles. The van der Waals surface area contributed by atoms with E-state index in [1.54, 1.807) is 24.1 Å². The molecule has 0 fully saturated rings. The number of methoxy groups -OCH3 is 1. The number of nitrogens with two attached hydrogens (primary N) is 2. The summed E-state index contributed by atoms with van der Waals surface area (Å²) >= 11 is 0. The van der Waals surface area contributed by atoms with Crippen LogP contribution >= 0.6 is 0 Å². The van der Waals surface area contributed by atoms with Gasteiger partial charge in [-0.3, -0.25) is 0 Å². The maximum absolute atomic E-state index is 11.5. The number of nitrogens with one attached hydrogen (secondary N) is 1. The van der Waals surface area contributed by atoms with E-state index in [0.717, 1.165) is 5.69 Å². The summed E-state index contributed by atoms with van der Waals surface area (Å²) in [6.45, 7) is 0. The third-order valence-corrected chi connectivity index (χ3v) is 4.88. The Morgan fingerprint density at radius 3 is 2.61 bits per heavy atom. The van der Waals surface area contributed by atoms with Gasteiger partial charge in [0.15, 0.2) is 5.82 Å². The van der Waals surface area contributed by atoms with Crippen molar-refractivity contribution < 1.29 is 13.2 Å². The Kier molecular flexibility index (Phi) is 5.34. The Morgan fingerprint density at radius 1 is 1.14 bits per heavy atom. The third-order valence-electron chi connectivity index (χ3n) is 3.97. The molecular formula is C18H20N6O3S. The van der Waals surface area contributed by atoms with Crippen molar-refractivity contribution in [3.63, 3.8) is 0 Å². The van der Waals surface area contributed by atoms with Crippen LogP contribution in [0.25, 0.3) is 0 Å². The summed E-state index contributed by atoms with van der Waals surface area (Å²) < 4.78 is 28.3. The van der Waals surface area contributed by atoms with Crippen LogP contribution in [0.15, 0.2) is 59.6 Å². The van der Waals surface area contributed by atoms with E-state index in [4.69, 9.17) is 15.6 Å². The molecule has 1 aromatic heterocycles. The Labute approximate surface area is 163 Å². The van der Waals surface area contributed by atoms with E-state index in [2.05, 4.69) is 15.3 Å². The van der Waals surface area contributed by atoms with Crippen molar-refractivity contribution in [1.82, 2.24) is 9.97 Å². The van der Waals surface area contributed by atoms with Gasteiger partial charge in [0.25, 0.3) is 0 Å². The molecule has 3 aromatic rings. The number of rotatable bonds is 6. The van der Waals surface area contributed by atoms with Gasteiger partial charge >= 0.3 is 0 Å². The van der Waals surface area contributed by atoms with E-state index in [1.165, 1.54) is 18.3 Å². The van der Waals surface area contributed by atoms with E-state index in [1.807, 2.05) is 31.3 Å². The van der Waals surface area contributed by atoms with Crippen LogP contribution in [0.5, 0.6) is 5.75 Å². The lowest BCUT2D eigenvalue weighted by molar-refractivity contribution is 0.415. The fourth-order valence-electron chi connectivity index (χ4n) is 2.47. The molecule has 2 aromatic carbocycles. The number of nitrogens with zero attached hydrogens (tertiary/aromatic N) is 3. The maximum Gasteiger partial charge on any atom is 0.238 e. The SMILES string of the molecule is COc1cccc(N(C)c2ncc(N)c(Nc3cccc(S(N)(=O)=O)c3)n2)c1. The van der Waals surface area contributed by atoms with Crippen molar-refractivity contribution in [2.45, 2.75) is 4.90 Å². The number of primary sulfonamides is 1. The maximum atomic E-state index is 11.5. The molecule has 28 heavy (non-hydrogen) atoms. The third kappa shape index (κ3) is 4.30.